The number of non-ortho nitro benzene ring substituents is 1. The van der Waals surface area contributed by atoms with Crippen LogP contribution in [0.4, 0.5) is 17.1 Å². The van der Waals surface area contributed by atoms with Crippen molar-refractivity contribution in [1.82, 2.24) is 4.90 Å². The average Bonchev–Trinajstić information content (AvgIpc) is 3.01. The Morgan fingerprint density at radius 2 is 1.56 bits per heavy atom. The summed E-state index contributed by atoms with van der Waals surface area (Å²) in [5.41, 5.74) is 4.10. The van der Waals surface area contributed by atoms with Crippen LogP contribution < -0.4 is 10.2 Å². The molecule has 2 aliphatic rings. The van der Waals surface area contributed by atoms with Crippen molar-refractivity contribution in [3.63, 3.8) is 0 Å². The lowest BCUT2D eigenvalue weighted by Crippen LogP contribution is -2.49. The standard InChI is InChI=1S/C30H31Cl3N4O6/c31-30(32,33)29(39)34-23-7-5-22(6-8-23)28-42-26(17-27(43-28)21-3-1-20(19-38)2-4-21)18-35-13-15-36(16-14-35)24-9-11-25(12-10-24)37(40)41/h1-12,26-28,38H,13-19H2,(H,34,39)/t26-,27+,28+/m0/s1. The van der Waals surface area contributed by atoms with Crippen LogP contribution in [-0.2, 0) is 20.9 Å². The number of aliphatic hydroxyl groups is 1. The van der Waals surface area contributed by atoms with E-state index in [2.05, 4.69) is 15.1 Å². The van der Waals surface area contributed by atoms with Gasteiger partial charge in [0.1, 0.15) is 0 Å². The lowest BCUT2D eigenvalue weighted by molar-refractivity contribution is -0.384. The van der Waals surface area contributed by atoms with E-state index < -0.39 is 20.9 Å². The number of benzene rings is 3. The number of alkyl halides is 3. The van der Waals surface area contributed by atoms with E-state index in [0.29, 0.717) is 18.7 Å². The Balaban J connectivity index is 1.26. The molecule has 13 heteroatoms. The van der Waals surface area contributed by atoms with Gasteiger partial charge in [0, 0.05) is 68.2 Å². The van der Waals surface area contributed by atoms with Gasteiger partial charge in [0.05, 0.1) is 23.7 Å². The van der Waals surface area contributed by atoms with Gasteiger partial charge in [-0.1, -0.05) is 71.2 Å². The number of amides is 1. The van der Waals surface area contributed by atoms with Crippen LogP contribution in [0.15, 0.2) is 72.8 Å². The Morgan fingerprint density at radius 1 is 0.930 bits per heavy atom. The fraction of sp³-hybridized carbons (Fsp3) is 0.367. The van der Waals surface area contributed by atoms with Crippen molar-refractivity contribution in [2.75, 3.05) is 42.9 Å². The maximum Gasteiger partial charge on any atom is 0.276 e. The zero-order chi connectivity index (χ0) is 30.6. The number of aliphatic hydroxyl groups excluding tert-OH is 1. The van der Waals surface area contributed by atoms with E-state index in [-0.39, 0.29) is 24.5 Å². The van der Waals surface area contributed by atoms with E-state index in [1.165, 1.54) is 12.1 Å². The highest BCUT2D eigenvalue weighted by Crippen LogP contribution is 2.39. The third-order valence-electron chi connectivity index (χ3n) is 7.57. The number of hydrogen-bond donors (Lipinski definition) is 2. The van der Waals surface area contributed by atoms with Gasteiger partial charge < -0.3 is 24.8 Å². The maximum atomic E-state index is 12.0. The van der Waals surface area contributed by atoms with Crippen molar-refractivity contribution in [2.45, 2.75) is 35.3 Å². The number of hydrogen-bond acceptors (Lipinski definition) is 8. The second kappa shape index (κ2) is 13.8. The first-order valence-electron chi connectivity index (χ1n) is 13.8. The molecule has 2 aliphatic heterocycles. The molecule has 3 atom stereocenters. The summed E-state index contributed by atoms with van der Waals surface area (Å²) in [6.07, 6.45) is -0.368. The van der Waals surface area contributed by atoms with Gasteiger partial charge in [0.25, 0.3) is 15.4 Å². The summed E-state index contributed by atoms with van der Waals surface area (Å²) in [5.74, 6) is -0.754. The quantitative estimate of drug-likeness (QED) is 0.180. The minimum absolute atomic E-state index is 0.0345. The summed E-state index contributed by atoms with van der Waals surface area (Å²) >= 11 is 17.0. The average molecular weight is 650 g/mol. The number of piperazine rings is 1. The van der Waals surface area contributed by atoms with E-state index in [0.717, 1.165) is 48.6 Å². The first kappa shape index (κ1) is 31.5. The predicted octanol–water partition coefficient (Wildman–Crippen LogP) is 5.76. The van der Waals surface area contributed by atoms with Crippen LogP contribution in [0, 0.1) is 10.1 Å². The molecule has 0 aliphatic carbocycles. The third-order valence-corrected chi connectivity index (χ3v) is 8.09. The molecule has 3 aromatic carbocycles. The van der Waals surface area contributed by atoms with Crippen molar-refractivity contribution >= 4 is 57.8 Å². The second-order valence-corrected chi connectivity index (χ2v) is 12.8. The maximum absolute atomic E-state index is 12.0. The normalized spacial score (nSPS) is 21.4. The Kier molecular flexibility index (Phi) is 10.1. The molecule has 2 fully saturated rings. The van der Waals surface area contributed by atoms with Gasteiger partial charge in [-0.2, -0.15) is 0 Å². The van der Waals surface area contributed by atoms with Crippen LogP contribution in [-0.4, -0.2) is 63.5 Å². The van der Waals surface area contributed by atoms with Crippen LogP contribution >= 0.6 is 34.8 Å². The summed E-state index contributed by atoms with van der Waals surface area (Å²) in [7, 11) is 0. The van der Waals surface area contributed by atoms with E-state index in [4.69, 9.17) is 44.3 Å². The monoisotopic (exact) mass is 648 g/mol. The molecule has 2 heterocycles. The highest BCUT2D eigenvalue weighted by Gasteiger charge is 2.34. The lowest BCUT2D eigenvalue weighted by Gasteiger charge is -2.41. The van der Waals surface area contributed by atoms with Crippen LogP contribution in [0.3, 0.4) is 0 Å². The molecule has 10 nitrogen and oxygen atoms in total. The molecule has 5 rings (SSSR count). The highest BCUT2D eigenvalue weighted by molar-refractivity contribution is 6.76. The zero-order valence-electron chi connectivity index (χ0n) is 23.1. The smallest absolute Gasteiger partial charge is 0.276 e. The summed E-state index contributed by atoms with van der Waals surface area (Å²) in [5, 5.41) is 23.0. The number of nitro benzene ring substituents is 1. The number of anilines is 2. The molecule has 2 N–H and O–H groups in total. The topological polar surface area (TPSA) is 117 Å². The van der Waals surface area contributed by atoms with Gasteiger partial charge in [-0.15, -0.1) is 0 Å². The van der Waals surface area contributed by atoms with Crippen LogP contribution in [0.2, 0.25) is 0 Å². The molecule has 2 saturated heterocycles. The molecule has 43 heavy (non-hydrogen) atoms. The van der Waals surface area contributed by atoms with Crippen molar-refractivity contribution in [3.8, 4) is 0 Å². The van der Waals surface area contributed by atoms with Gasteiger partial charge >= 0.3 is 0 Å². The van der Waals surface area contributed by atoms with Gasteiger partial charge in [0.15, 0.2) is 6.29 Å². The van der Waals surface area contributed by atoms with Crippen LogP contribution in [0.25, 0.3) is 0 Å². The molecule has 228 valence electrons. The van der Waals surface area contributed by atoms with Crippen molar-refractivity contribution in [3.05, 3.63) is 99.6 Å². The van der Waals surface area contributed by atoms with Gasteiger partial charge in [-0.05, 0) is 35.4 Å². The number of rotatable bonds is 8. The van der Waals surface area contributed by atoms with Gasteiger partial charge in [-0.25, -0.2) is 0 Å². The fourth-order valence-electron chi connectivity index (χ4n) is 5.22. The number of nitrogens with zero attached hydrogens (tertiary/aromatic N) is 3. The number of nitro groups is 1. The van der Waals surface area contributed by atoms with E-state index in [1.54, 1.807) is 36.4 Å². The van der Waals surface area contributed by atoms with Crippen molar-refractivity contribution in [2.24, 2.45) is 0 Å². The summed E-state index contributed by atoms with van der Waals surface area (Å²) in [4.78, 5) is 27.2. The SMILES string of the molecule is O=C(Nc1ccc([C@@H]2O[C@H](CN3CCN(c4ccc([N+](=O)[O-])cc4)CC3)C[C@H](c3ccc(CO)cc3)O2)cc1)C(Cl)(Cl)Cl. The van der Waals surface area contributed by atoms with Crippen LogP contribution in [0.1, 0.15) is 35.5 Å². The van der Waals surface area contributed by atoms with E-state index in [9.17, 15) is 20.0 Å². The number of ether oxygens (including phenoxy) is 2. The number of nitrogens with one attached hydrogen (secondary N) is 1. The number of halogens is 3. The summed E-state index contributed by atoms with van der Waals surface area (Å²) in [6.45, 7) is 3.88. The fourth-order valence-corrected chi connectivity index (χ4v) is 5.36. The Bertz CT molecular complexity index is 1400. The van der Waals surface area contributed by atoms with Gasteiger partial charge in [-0.3, -0.25) is 19.8 Å². The zero-order valence-corrected chi connectivity index (χ0v) is 25.3. The van der Waals surface area contributed by atoms with E-state index >= 15 is 0 Å². The molecule has 0 spiro atoms. The van der Waals surface area contributed by atoms with Crippen molar-refractivity contribution < 1.29 is 24.3 Å². The summed E-state index contributed by atoms with van der Waals surface area (Å²) in [6, 6.07) is 21.4. The van der Waals surface area contributed by atoms with Crippen LogP contribution in [0.5, 0.6) is 0 Å². The first-order valence-corrected chi connectivity index (χ1v) is 14.9. The Hall–Kier alpha value is -2.96. The summed E-state index contributed by atoms with van der Waals surface area (Å²) < 4.78 is 10.8. The van der Waals surface area contributed by atoms with Gasteiger partial charge in [0.2, 0.25) is 0 Å². The second-order valence-electron chi connectivity index (χ2n) is 10.5. The molecule has 0 radical (unpaired) electrons. The Morgan fingerprint density at radius 3 is 2.14 bits per heavy atom. The highest BCUT2D eigenvalue weighted by atomic mass is 35.6. The first-order chi connectivity index (χ1) is 20.6. The molecular formula is C30H31Cl3N4O6. The largest absolute Gasteiger partial charge is 0.392 e. The number of carbonyl (C=O) groups is 1. The molecule has 1 amide bonds. The molecule has 0 bridgehead atoms. The molecular weight excluding hydrogens is 619 g/mol. The number of carbonyl (C=O) groups excluding carboxylic acids is 1. The third kappa shape index (κ3) is 8.16. The van der Waals surface area contributed by atoms with Crippen molar-refractivity contribution in [1.29, 1.82) is 0 Å². The molecule has 0 unspecified atom stereocenters. The predicted molar refractivity (Wildman–Crippen MR) is 166 cm³/mol. The Labute approximate surface area is 264 Å². The molecule has 3 aromatic rings. The molecule has 0 saturated carbocycles. The minimum atomic E-state index is -2.08. The lowest BCUT2D eigenvalue weighted by atomic mass is 9.99. The van der Waals surface area contributed by atoms with E-state index in [1.807, 2.05) is 24.3 Å². The molecule has 0 aromatic heterocycles. The minimum Gasteiger partial charge on any atom is -0.392 e.